The van der Waals surface area contributed by atoms with Gasteiger partial charge in [-0.3, -0.25) is 23.8 Å². The smallest absolute Gasteiger partial charge is 0.234 e. The van der Waals surface area contributed by atoms with Gasteiger partial charge in [-0.25, -0.2) is 23.4 Å². The van der Waals surface area contributed by atoms with Gasteiger partial charge in [0.2, 0.25) is 27.7 Å². The molecule has 0 bridgehead atoms. The molecule has 11 nitrogen and oxygen atoms in total. The first-order valence-corrected chi connectivity index (χ1v) is 11.9. The molecule has 1 N–H and O–H groups in total. The molecule has 0 atom stereocenters. The number of likely N-dealkylation sites (tertiary alicyclic amines) is 1. The molecule has 3 aromatic rings. The summed E-state index contributed by atoms with van der Waals surface area (Å²) in [5.41, 5.74) is 0.330. The van der Waals surface area contributed by atoms with E-state index in [0.29, 0.717) is 29.6 Å². The lowest BCUT2D eigenvalue weighted by Crippen LogP contribution is -2.43. The van der Waals surface area contributed by atoms with Gasteiger partial charge < -0.3 is 4.74 Å². The zero-order valence-corrected chi connectivity index (χ0v) is 18.7. The first-order valence-electron chi connectivity index (χ1n) is 10.2. The fourth-order valence-electron chi connectivity index (χ4n) is 3.34. The molecule has 2 amide bonds. The van der Waals surface area contributed by atoms with Crippen molar-refractivity contribution >= 4 is 27.5 Å². The van der Waals surface area contributed by atoms with Gasteiger partial charge in [-0.2, -0.15) is 0 Å². The molecule has 4 rings (SSSR count). The average molecular weight is 471 g/mol. The summed E-state index contributed by atoms with van der Waals surface area (Å²) >= 11 is 0. The van der Waals surface area contributed by atoms with Crippen LogP contribution in [0.2, 0.25) is 0 Å². The zero-order valence-electron chi connectivity index (χ0n) is 17.8. The molecule has 2 aromatic heterocycles. The Morgan fingerprint density at radius 1 is 1.06 bits per heavy atom. The number of aryl methyl sites for hydroxylation is 1. The summed E-state index contributed by atoms with van der Waals surface area (Å²) in [6, 6.07) is 7.95. The molecule has 1 aliphatic rings. The number of hydrogen-bond donors (Lipinski definition) is 1. The average Bonchev–Trinajstić information content (AvgIpc) is 3.21. The molecule has 0 saturated carbocycles. The van der Waals surface area contributed by atoms with Crippen LogP contribution in [-0.4, -0.2) is 56.9 Å². The minimum Gasteiger partial charge on any atom is -0.439 e. The number of carbonyl (C=O) groups is 2. The quantitative estimate of drug-likeness (QED) is 0.494. The molecule has 1 aromatic carbocycles. The van der Waals surface area contributed by atoms with Crippen LogP contribution in [-0.2, 0) is 19.6 Å². The monoisotopic (exact) mass is 470 g/mol. The lowest BCUT2D eigenvalue weighted by Gasteiger charge is -2.24. The number of rotatable bonds is 8. The standard InChI is InChI=1S/C21H22N6O5S/c1-15-22-9-10-26(15)18-13-19(24-14-23-18)32-17-7-5-16(6-8-17)25-33(30,31)12-11-27-20(28)3-2-4-21(27)29/h5-10,13-14,25H,2-4,11-12H2,1H3. The molecule has 33 heavy (non-hydrogen) atoms. The number of imide groups is 1. The lowest BCUT2D eigenvalue weighted by atomic mass is 10.1. The number of hydrogen-bond acceptors (Lipinski definition) is 8. The molecule has 0 spiro atoms. The van der Waals surface area contributed by atoms with Gasteiger partial charge in [0, 0.05) is 43.5 Å². The third kappa shape index (κ3) is 5.52. The van der Waals surface area contributed by atoms with Crippen LogP contribution in [0.3, 0.4) is 0 Å². The molecule has 3 heterocycles. The summed E-state index contributed by atoms with van der Waals surface area (Å²) in [4.78, 5) is 37.2. The summed E-state index contributed by atoms with van der Waals surface area (Å²) < 4.78 is 34.8. The van der Waals surface area contributed by atoms with Gasteiger partial charge in [0.15, 0.2) is 0 Å². The molecule has 172 valence electrons. The highest BCUT2D eigenvalue weighted by atomic mass is 32.2. The summed E-state index contributed by atoms with van der Waals surface area (Å²) in [6.07, 6.45) is 5.85. The van der Waals surface area contributed by atoms with Crippen molar-refractivity contribution in [3.05, 3.63) is 54.9 Å². The third-order valence-corrected chi connectivity index (χ3v) is 6.28. The van der Waals surface area contributed by atoms with Crippen LogP contribution < -0.4 is 9.46 Å². The maximum Gasteiger partial charge on any atom is 0.234 e. The van der Waals surface area contributed by atoms with E-state index in [4.69, 9.17) is 4.74 Å². The number of imidazole rings is 1. The number of anilines is 1. The number of ether oxygens (including phenoxy) is 1. The van der Waals surface area contributed by atoms with E-state index in [1.165, 1.54) is 6.33 Å². The van der Waals surface area contributed by atoms with E-state index in [1.54, 1.807) is 47.3 Å². The van der Waals surface area contributed by atoms with E-state index in [2.05, 4.69) is 19.7 Å². The van der Waals surface area contributed by atoms with Gasteiger partial charge in [0.05, 0.1) is 5.75 Å². The number of benzene rings is 1. The van der Waals surface area contributed by atoms with Crippen molar-refractivity contribution in [1.82, 2.24) is 24.4 Å². The molecule has 0 aliphatic carbocycles. The predicted molar refractivity (Wildman–Crippen MR) is 118 cm³/mol. The first-order chi connectivity index (χ1) is 15.8. The van der Waals surface area contributed by atoms with Crippen LogP contribution in [0.25, 0.3) is 5.82 Å². The third-order valence-electron chi connectivity index (χ3n) is 5.02. The van der Waals surface area contributed by atoms with Gasteiger partial charge in [-0.1, -0.05) is 0 Å². The lowest BCUT2D eigenvalue weighted by molar-refractivity contribution is -0.147. The summed E-state index contributed by atoms with van der Waals surface area (Å²) in [7, 11) is -3.75. The molecule has 12 heteroatoms. The Kier molecular flexibility index (Phi) is 6.36. The molecule has 1 aliphatic heterocycles. The van der Waals surface area contributed by atoms with E-state index in [9.17, 15) is 18.0 Å². The van der Waals surface area contributed by atoms with Crippen LogP contribution in [0, 0.1) is 6.92 Å². The maximum absolute atomic E-state index is 12.4. The highest BCUT2D eigenvalue weighted by molar-refractivity contribution is 7.92. The maximum atomic E-state index is 12.4. The summed E-state index contributed by atoms with van der Waals surface area (Å²) in [6.45, 7) is 1.69. The highest BCUT2D eigenvalue weighted by Gasteiger charge is 2.27. The Morgan fingerprint density at radius 2 is 1.79 bits per heavy atom. The predicted octanol–water partition coefficient (Wildman–Crippen LogP) is 2.04. The van der Waals surface area contributed by atoms with Gasteiger partial charge in [-0.05, 0) is 37.6 Å². The second-order valence-electron chi connectivity index (χ2n) is 7.40. The number of aromatic nitrogens is 4. The van der Waals surface area contributed by atoms with E-state index >= 15 is 0 Å². The SMILES string of the molecule is Cc1nccn1-c1cc(Oc2ccc(NS(=O)(=O)CCN3C(=O)CCCC3=O)cc2)ncn1. The van der Waals surface area contributed by atoms with Crippen molar-refractivity contribution in [3.63, 3.8) is 0 Å². The second-order valence-corrected chi connectivity index (χ2v) is 9.24. The van der Waals surface area contributed by atoms with Gasteiger partial charge >= 0.3 is 0 Å². The van der Waals surface area contributed by atoms with E-state index in [-0.39, 0.29) is 37.0 Å². The first kappa shape index (κ1) is 22.4. The number of nitrogens with one attached hydrogen (secondary N) is 1. The molecular formula is C21H22N6O5S. The normalized spacial score (nSPS) is 14.4. The van der Waals surface area contributed by atoms with Crippen molar-refractivity contribution in [2.45, 2.75) is 26.2 Å². The van der Waals surface area contributed by atoms with Gasteiger partial charge in [0.25, 0.3) is 0 Å². The summed E-state index contributed by atoms with van der Waals surface area (Å²) in [5.74, 6) is 1.10. The van der Waals surface area contributed by atoms with Gasteiger partial charge in [-0.15, -0.1) is 0 Å². The molecule has 0 unspecified atom stereocenters. The minimum atomic E-state index is -3.75. The Labute approximate surface area is 190 Å². The van der Waals surface area contributed by atoms with E-state index in [0.717, 1.165) is 10.7 Å². The van der Waals surface area contributed by atoms with Crippen LogP contribution in [0.1, 0.15) is 25.1 Å². The van der Waals surface area contributed by atoms with Crippen molar-refractivity contribution in [2.75, 3.05) is 17.0 Å². The largest absolute Gasteiger partial charge is 0.439 e. The van der Waals surface area contributed by atoms with E-state index < -0.39 is 10.0 Å². The molecule has 0 radical (unpaired) electrons. The highest BCUT2D eigenvalue weighted by Crippen LogP contribution is 2.23. The Balaban J connectivity index is 1.37. The zero-order chi connectivity index (χ0) is 23.4. The van der Waals surface area contributed by atoms with Crippen molar-refractivity contribution in [2.24, 2.45) is 0 Å². The Bertz CT molecular complexity index is 1260. The number of carbonyl (C=O) groups excluding carboxylic acids is 2. The van der Waals surface area contributed by atoms with Crippen molar-refractivity contribution in [3.8, 4) is 17.4 Å². The molecule has 1 saturated heterocycles. The van der Waals surface area contributed by atoms with E-state index in [1.807, 2.05) is 6.92 Å². The van der Waals surface area contributed by atoms with Crippen molar-refractivity contribution in [1.29, 1.82) is 0 Å². The molecular weight excluding hydrogens is 448 g/mol. The van der Waals surface area contributed by atoms with Crippen LogP contribution >= 0.6 is 0 Å². The van der Waals surface area contributed by atoms with Gasteiger partial charge in [0.1, 0.15) is 23.7 Å². The summed E-state index contributed by atoms with van der Waals surface area (Å²) in [5, 5.41) is 0. The van der Waals surface area contributed by atoms with Crippen LogP contribution in [0.5, 0.6) is 11.6 Å². The number of sulfonamides is 1. The number of amides is 2. The van der Waals surface area contributed by atoms with Crippen LogP contribution in [0.4, 0.5) is 5.69 Å². The topological polar surface area (TPSA) is 136 Å². The molecule has 1 fully saturated rings. The fourth-order valence-corrected chi connectivity index (χ4v) is 4.36. The minimum absolute atomic E-state index is 0.166. The fraction of sp³-hybridized carbons (Fsp3) is 0.286. The number of piperidine rings is 1. The second kappa shape index (κ2) is 9.36. The number of nitrogens with zero attached hydrogens (tertiary/aromatic N) is 5. The Morgan fingerprint density at radius 3 is 2.45 bits per heavy atom. The Hall–Kier alpha value is -3.80. The van der Waals surface area contributed by atoms with Crippen molar-refractivity contribution < 1.29 is 22.7 Å². The van der Waals surface area contributed by atoms with Crippen LogP contribution in [0.15, 0.2) is 49.1 Å².